The molecule has 1 aromatic carbocycles. The van der Waals surface area contributed by atoms with Crippen LogP contribution in [-0.2, 0) is 9.84 Å². The second-order valence-electron chi connectivity index (χ2n) is 4.77. The number of rotatable bonds is 4. The highest BCUT2D eigenvalue weighted by Gasteiger charge is 2.23. The minimum Gasteiger partial charge on any atom is -0.352 e. The molecule has 0 aromatic heterocycles. The van der Waals surface area contributed by atoms with E-state index < -0.39 is 26.5 Å². The predicted octanol–water partition coefficient (Wildman–Crippen LogP) is 1.36. The Balaban J connectivity index is 0.00000220. The Morgan fingerprint density at radius 3 is 2.57 bits per heavy atom. The Morgan fingerprint density at radius 1 is 1.48 bits per heavy atom. The maximum atomic E-state index is 14.1. The smallest absolute Gasteiger partial charge is 0.254 e. The first-order valence-electron chi connectivity index (χ1n) is 5.97. The fourth-order valence-electron chi connectivity index (χ4n) is 1.82. The van der Waals surface area contributed by atoms with Gasteiger partial charge < -0.3 is 10.6 Å². The molecule has 0 saturated carbocycles. The van der Waals surface area contributed by atoms with Gasteiger partial charge in [-0.1, -0.05) is 15.9 Å². The lowest BCUT2D eigenvalue weighted by molar-refractivity contribution is 0.0937. The Hall–Kier alpha value is -0.700. The molecule has 0 atom stereocenters. The average molecular weight is 402 g/mol. The van der Waals surface area contributed by atoms with Gasteiger partial charge in [0.05, 0.1) is 5.56 Å². The number of hydrogen-bond donors (Lipinski definition) is 2. The number of carbonyl (C=O) groups is 1. The number of sulfone groups is 1. The lowest BCUT2D eigenvalue weighted by Gasteiger charge is -2.27. The molecular formula is C12H15BrClFN2O3S. The summed E-state index contributed by atoms with van der Waals surface area (Å²) in [4.78, 5) is 11.5. The van der Waals surface area contributed by atoms with Crippen molar-refractivity contribution in [3.05, 3.63) is 28.0 Å². The minimum absolute atomic E-state index is 0. The first-order valence-corrected chi connectivity index (χ1v) is 8.65. The van der Waals surface area contributed by atoms with Crippen LogP contribution in [0.25, 0.3) is 0 Å². The van der Waals surface area contributed by atoms with Crippen molar-refractivity contribution in [2.24, 2.45) is 5.92 Å². The molecule has 1 aromatic rings. The normalized spacial score (nSPS) is 15.0. The first-order chi connectivity index (χ1) is 9.29. The van der Waals surface area contributed by atoms with Crippen molar-refractivity contribution in [2.75, 3.05) is 25.9 Å². The van der Waals surface area contributed by atoms with Gasteiger partial charge in [0.25, 0.3) is 5.91 Å². The third-order valence-corrected chi connectivity index (χ3v) is 4.62. The number of halogens is 3. The quantitative estimate of drug-likeness (QED) is 0.799. The number of benzene rings is 1. The summed E-state index contributed by atoms with van der Waals surface area (Å²) in [6.07, 6.45) is 0.902. The van der Waals surface area contributed by atoms with E-state index in [1.54, 1.807) is 0 Å². The minimum atomic E-state index is -3.73. The van der Waals surface area contributed by atoms with Crippen molar-refractivity contribution in [2.45, 2.75) is 4.90 Å². The van der Waals surface area contributed by atoms with Crippen LogP contribution in [0, 0.1) is 11.7 Å². The van der Waals surface area contributed by atoms with Crippen LogP contribution in [0.2, 0.25) is 0 Å². The van der Waals surface area contributed by atoms with Crippen LogP contribution in [-0.4, -0.2) is 40.2 Å². The standard InChI is InChI=1S/C12H14BrFN2O3S.ClH/c1-20(18,19)10-3-8(13)2-9(11(10)14)12(17)16-6-7-4-15-5-7;/h2-3,7,15H,4-6H2,1H3,(H,16,17);1H. The lowest BCUT2D eigenvalue weighted by atomic mass is 10.0. The van der Waals surface area contributed by atoms with Gasteiger partial charge >= 0.3 is 0 Å². The van der Waals surface area contributed by atoms with Crippen LogP contribution in [0.1, 0.15) is 10.4 Å². The van der Waals surface area contributed by atoms with Crippen molar-refractivity contribution >= 4 is 44.1 Å². The van der Waals surface area contributed by atoms with Gasteiger partial charge in [-0.2, -0.15) is 0 Å². The predicted molar refractivity (Wildman–Crippen MR) is 83.2 cm³/mol. The van der Waals surface area contributed by atoms with E-state index in [-0.39, 0.29) is 18.0 Å². The Kier molecular flexibility index (Phi) is 6.15. The van der Waals surface area contributed by atoms with Gasteiger partial charge in [0.1, 0.15) is 4.90 Å². The topological polar surface area (TPSA) is 75.3 Å². The summed E-state index contributed by atoms with van der Waals surface area (Å²) in [6.45, 7) is 2.07. The molecule has 0 spiro atoms. The van der Waals surface area contributed by atoms with Crippen LogP contribution < -0.4 is 10.6 Å². The summed E-state index contributed by atoms with van der Waals surface area (Å²) in [5, 5.41) is 5.68. The van der Waals surface area contributed by atoms with Gasteiger partial charge in [0, 0.05) is 36.3 Å². The first kappa shape index (κ1) is 18.3. The van der Waals surface area contributed by atoms with Crippen molar-refractivity contribution in [1.82, 2.24) is 10.6 Å². The fourth-order valence-corrected chi connectivity index (χ4v) is 3.21. The summed E-state index contributed by atoms with van der Waals surface area (Å²) < 4.78 is 37.5. The SMILES string of the molecule is CS(=O)(=O)c1cc(Br)cc(C(=O)NCC2CNC2)c1F.Cl. The Bertz CT molecular complexity index is 650. The van der Waals surface area contributed by atoms with E-state index >= 15 is 0 Å². The van der Waals surface area contributed by atoms with E-state index in [1.165, 1.54) is 6.07 Å². The Labute approximate surface area is 137 Å². The number of carbonyl (C=O) groups excluding carboxylic acids is 1. The Morgan fingerprint density at radius 2 is 2.10 bits per heavy atom. The van der Waals surface area contributed by atoms with Crippen molar-refractivity contribution in [3.63, 3.8) is 0 Å². The lowest BCUT2D eigenvalue weighted by Crippen LogP contribution is -2.48. The maximum Gasteiger partial charge on any atom is 0.254 e. The number of hydrogen-bond acceptors (Lipinski definition) is 4. The van der Waals surface area contributed by atoms with Crippen LogP contribution >= 0.6 is 28.3 Å². The molecule has 0 radical (unpaired) electrons. The van der Waals surface area contributed by atoms with Gasteiger partial charge in [-0.15, -0.1) is 12.4 Å². The second kappa shape index (κ2) is 7.04. The van der Waals surface area contributed by atoms with Crippen LogP contribution in [0.15, 0.2) is 21.5 Å². The average Bonchev–Trinajstić information content (AvgIpc) is 2.28. The zero-order chi connectivity index (χ0) is 14.9. The van der Waals surface area contributed by atoms with Crippen molar-refractivity contribution in [3.8, 4) is 0 Å². The molecule has 118 valence electrons. The molecule has 2 rings (SSSR count). The molecule has 1 saturated heterocycles. The largest absolute Gasteiger partial charge is 0.352 e. The van der Waals surface area contributed by atoms with E-state index in [4.69, 9.17) is 0 Å². The molecule has 2 N–H and O–H groups in total. The van der Waals surface area contributed by atoms with E-state index in [0.717, 1.165) is 25.4 Å². The molecule has 0 bridgehead atoms. The summed E-state index contributed by atoms with van der Waals surface area (Å²) >= 11 is 3.09. The van der Waals surface area contributed by atoms with Crippen molar-refractivity contribution < 1.29 is 17.6 Å². The fraction of sp³-hybridized carbons (Fsp3) is 0.417. The van der Waals surface area contributed by atoms with Crippen LogP contribution in [0.5, 0.6) is 0 Å². The van der Waals surface area contributed by atoms with E-state index in [2.05, 4.69) is 26.6 Å². The third-order valence-electron chi connectivity index (χ3n) is 3.07. The van der Waals surface area contributed by atoms with Gasteiger partial charge in [-0.25, -0.2) is 12.8 Å². The highest BCUT2D eigenvalue weighted by molar-refractivity contribution is 9.10. The van der Waals surface area contributed by atoms with Crippen LogP contribution in [0.4, 0.5) is 4.39 Å². The molecular weight excluding hydrogens is 387 g/mol. The second-order valence-corrected chi connectivity index (χ2v) is 7.67. The van der Waals surface area contributed by atoms with Gasteiger partial charge in [0.15, 0.2) is 15.7 Å². The molecule has 0 aliphatic carbocycles. The highest BCUT2D eigenvalue weighted by Crippen LogP contribution is 2.24. The van der Waals surface area contributed by atoms with Crippen molar-refractivity contribution in [1.29, 1.82) is 0 Å². The molecule has 1 heterocycles. The third kappa shape index (κ3) is 4.38. The maximum absolute atomic E-state index is 14.1. The van der Waals surface area contributed by atoms with Gasteiger partial charge in [-0.3, -0.25) is 4.79 Å². The zero-order valence-corrected chi connectivity index (χ0v) is 14.4. The molecule has 1 fully saturated rings. The van der Waals surface area contributed by atoms with Crippen LogP contribution in [0.3, 0.4) is 0 Å². The summed E-state index contributed by atoms with van der Waals surface area (Å²) in [5.74, 6) is -1.29. The van der Waals surface area contributed by atoms with E-state index in [0.29, 0.717) is 16.9 Å². The van der Waals surface area contributed by atoms with Gasteiger partial charge in [0.2, 0.25) is 0 Å². The summed E-state index contributed by atoms with van der Waals surface area (Å²) in [6, 6.07) is 2.43. The molecule has 1 amide bonds. The summed E-state index contributed by atoms with van der Waals surface area (Å²) in [7, 11) is -3.73. The number of nitrogens with one attached hydrogen (secondary N) is 2. The zero-order valence-electron chi connectivity index (χ0n) is 11.2. The van der Waals surface area contributed by atoms with Gasteiger partial charge in [-0.05, 0) is 12.1 Å². The summed E-state index contributed by atoms with van der Waals surface area (Å²) in [5.41, 5.74) is -0.271. The van der Waals surface area contributed by atoms with E-state index in [9.17, 15) is 17.6 Å². The van der Waals surface area contributed by atoms with E-state index in [1.807, 2.05) is 0 Å². The highest BCUT2D eigenvalue weighted by atomic mass is 79.9. The molecule has 21 heavy (non-hydrogen) atoms. The number of amides is 1. The molecule has 1 aliphatic heterocycles. The molecule has 5 nitrogen and oxygen atoms in total. The monoisotopic (exact) mass is 400 g/mol. The molecule has 9 heteroatoms. The molecule has 0 unspecified atom stereocenters. The molecule has 1 aliphatic rings.